The second kappa shape index (κ2) is 9.09. The van der Waals surface area contributed by atoms with Gasteiger partial charge in [-0.3, -0.25) is 4.90 Å². The summed E-state index contributed by atoms with van der Waals surface area (Å²) in [6.45, 7) is 9.91. The van der Waals surface area contributed by atoms with Crippen LogP contribution in [0.1, 0.15) is 76.8 Å². The summed E-state index contributed by atoms with van der Waals surface area (Å²) in [5.41, 5.74) is 3.00. The van der Waals surface area contributed by atoms with E-state index >= 15 is 0 Å². The van der Waals surface area contributed by atoms with Gasteiger partial charge in [0.05, 0.1) is 0 Å². The molecule has 0 radical (unpaired) electrons. The van der Waals surface area contributed by atoms with Gasteiger partial charge in [0, 0.05) is 18.0 Å². The standard InChI is InChI=1S/C23H36N2O2/c1-4-6-7-8-9-13-24-22(26)27-19-11-10-18-16-21-23(3,20(18)17-19)12-15-25(21)14-5-2/h10-11,17,21H,4-9,12-16H2,1-3H3,(H,24,26)/t21-,23+/m0/s1. The first kappa shape index (κ1) is 20.2. The van der Waals surface area contributed by atoms with Crippen LogP contribution in [0.5, 0.6) is 5.75 Å². The summed E-state index contributed by atoms with van der Waals surface area (Å²) in [4.78, 5) is 14.7. The van der Waals surface area contributed by atoms with E-state index in [0.29, 0.717) is 18.3 Å². The quantitative estimate of drug-likeness (QED) is 0.617. The van der Waals surface area contributed by atoms with Gasteiger partial charge >= 0.3 is 6.09 Å². The maximum atomic E-state index is 12.1. The third-order valence-electron chi connectivity index (χ3n) is 6.48. The fourth-order valence-electron chi connectivity index (χ4n) is 4.92. The summed E-state index contributed by atoms with van der Waals surface area (Å²) in [5, 5.41) is 2.89. The van der Waals surface area contributed by atoms with E-state index in [1.807, 2.05) is 6.07 Å². The zero-order chi connectivity index (χ0) is 19.3. The van der Waals surface area contributed by atoms with Gasteiger partial charge in [0.2, 0.25) is 0 Å². The monoisotopic (exact) mass is 372 g/mol. The number of fused-ring (bicyclic) bond motifs is 3. The van der Waals surface area contributed by atoms with Crippen molar-refractivity contribution in [2.45, 2.75) is 83.6 Å². The second-order valence-corrected chi connectivity index (χ2v) is 8.47. The molecule has 4 nitrogen and oxygen atoms in total. The van der Waals surface area contributed by atoms with E-state index in [0.717, 1.165) is 12.8 Å². The van der Waals surface area contributed by atoms with Gasteiger partial charge in [-0.2, -0.15) is 0 Å². The van der Waals surface area contributed by atoms with Crippen LogP contribution in [0.4, 0.5) is 4.79 Å². The van der Waals surface area contributed by atoms with Crippen molar-refractivity contribution in [3.05, 3.63) is 29.3 Å². The first-order chi connectivity index (χ1) is 13.1. The molecule has 1 heterocycles. The summed E-state index contributed by atoms with van der Waals surface area (Å²) in [6, 6.07) is 6.83. The molecule has 27 heavy (non-hydrogen) atoms. The highest BCUT2D eigenvalue weighted by Crippen LogP contribution is 2.48. The summed E-state index contributed by atoms with van der Waals surface area (Å²) in [6.07, 6.45) is 9.13. The lowest BCUT2D eigenvalue weighted by molar-refractivity contribution is 0.200. The Morgan fingerprint density at radius 3 is 2.81 bits per heavy atom. The maximum Gasteiger partial charge on any atom is 0.412 e. The molecule has 150 valence electrons. The number of benzene rings is 1. The van der Waals surface area contributed by atoms with E-state index in [2.05, 4.69) is 43.1 Å². The normalized spacial score (nSPS) is 23.9. The number of ether oxygens (including phenoxy) is 1. The van der Waals surface area contributed by atoms with Gasteiger partial charge in [-0.25, -0.2) is 4.79 Å². The SMILES string of the molecule is CCCCCCCNC(=O)Oc1ccc2c(c1)[C@@]1(C)CCN(CCC)[C@H]1C2. The van der Waals surface area contributed by atoms with Crippen LogP contribution in [-0.2, 0) is 11.8 Å². The van der Waals surface area contributed by atoms with Gasteiger partial charge in [0.1, 0.15) is 5.75 Å². The van der Waals surface area contributed by atoms with E-state index in [1.165, 1.54) is 62.7 Å². The van der Waals surface area contributed by atoms with Gasteiger partial charge in [-0.15, -0.1) is 0 Å². The molecule has 0 unspecified atom stereocenters. The summed E-state index contributed by atoms with van der Waals surface area (Å²) in [5.74, 6) is 0.674. The van der Waals surface area contributed by atoms with Crippen molar-refractivity contribution in [2.24, 2.45) is 0 Å². The number of carbonyl (C=O) groups is 1. The topological polar surface area (TPSA) is 41.6 Å². The van der Waals surface area contributed by atoms with Crippen molar-refractivity contribution in [3.63, 3.8) is 0 Å². The molecular weight excluding hydrogens is 336 g/mol. The highest BCUT2D eigenvalue weighted by atomic mass is 16.6. The fraction of sp³-hybridized carbons (Fsp3) is 0.696. The molecule has 0 saturated carbocycles. The minimum Gasteiger partial charge on any atom is -0.410 e. The van der Waals surface area contributed by atoms with E-state index in [1.54, 1.807) is 0 Å². The Bertz CT molecular complexity index is 645. The number of nitrogens with zero attached hydrogens (tertiary/aromatic N) is 1. The summed E-state index contributed by atoms with van der Waals surface area (Å²) >= 11 is 0. The predicted octanol–water partition coefficient (Wildman–Crippen LogP) is 5.04. The lowest BCUT2D eigenvalue weighted by atomic mass is 9.80. The van der Waals surface area contributed by atoms with E-state index in [9.17, 15) is 4.79 Å². The fourth-order valence-corrected chi connectivity index (χ4v) is 4.92. The Balaban J connectivity index is 1.55. The molecular formula is C23H36N2O2. The molecule has 1 N–H and O–H groups in total. The molecule has 3 rings (SSSR count). The van der Waals surface area contributed by atoms with Crippen LogP contribution in [-0.4, -0.2) is 36.7 Å². The van der Waals surface area contributed by atoms with Gasteiger partial charge in [0.25, 0.3) is 0 Å². The van der Waals surface area contributed by atoms with Crippen LogP contribution >= 0.6 is 0 Å². The minimum absolute atomic E-state index is 0.194. The Morgan fingerprint density at radius 2 is 2.04 bits per heavy atom. The first-order valence-electron chi connectivity index (χ1n) is 10.9. The van der Waals surface area contributed by atoms with Crippen LogP contribution in [0.2, 0.25) is 0 Å². The summed E-state index contributed by atoms with van der Waals surface area (Å²) in [7, 11) is 0. The van der Waals surface area contributed by atoms with Crippen LogP contribution in [0.15, 0.2) is 18.2 Å². The molecule has 2 aliphatic rings. The number of rotatable bonds is 9. The minimum atomic E-state index is -0.329. The molecule has 4 heteroatoms. The molecule has 1 aliphatic heterocycles. The second-order valence-electron chi connectivity index (χ2n) is 8.47. The van der Waals surface area contributed by atoms with Gasteiger partial charge in [-0.1, -0.05) is 52.5 Å². The molecule has 0 bridgehead atoms. The number of nitrogens with one attached hydrogen (secondary N) is 1. The highest BCUT2D eigenvalue weighted by molar-refractivity contribution is 5.70. The Kier molecular flexibility index (Phi) is 6.80. The van der Waals surface area contributed by atoms with E-state index in [4.69, 9.17) is 4.74 Å². The molecule has 1 saturated heterocycles. The molecule has 1 fully saturated rings. The Morgan fingerprint density at radius 1 is 1.22 bits per heavy atom. The van der Waals surface area contributed by atoms with Crippen molar-refractivity contribution in [1.82, 2.24) is 10.2 Å². The van der Waals surface area contributed by atoms with Gasteiger partial charge in [-0.05, 0) is 62.0 Å². The highest BCUT2D eigenvalue weighted by Gasteiger charge is 2.49. The number of likely N-dealkylation sites (tertiary alicyclic amines) is 1. The Hall–Kier alpha value is -1.55. The van der Waals surface area contributed by atoms with Crippen molar-refractivity contribution < 1.29 is 9.53 Å². The van der Waals surface area contributed by atoms with Crippen molar-refractivity contribution in [1.29, 1.82) is 0 Å². The largest absolute Gasteiger partial charge is 0.412 e. The smallest absolute Gasteiger partial charge is 0.410 e. The van der Waals surface area contributed by atoms with Crippen LogP contribution in [0, 0.1) is 0 Å². The number of hydrogen-bond donors (Lipinski definition) is 1. The van der Waals surface area contributed by atoms with E-state index in [-0.39, 0.29) is 11.5 Å². The van der Waals surface area contributed by atoms with Crippen molar-refractivity contribution >= 4 is 6.09 Å². The van der Waals surface area contributed by atoms with Gasteiger partial charge < -0.3 is 10.1 Å². The van der Waals surface area contributed by atoms with Crippen LogP contribution in [0.3, 0.4) is 0 Å². The average molecular weight is 373 g/mol. The molecule has 2 atom stereocenters. The number of hydrogen-bond acceptors (Lipinski definition) is 3. The molecule has 1 aliphatic carbocycles. The third kappa shape index (κ3) is 4.48. The Labute approximate surface area is 164 Å². The molecule has 1 aromatic rings. The maximum absolute atomic E-state index is 12.1. The number of carbonyl (C=O) groups excluding carboxylic acids is 1. The zero-order valence-electron chi connectivity index (χ0n) is 17.4. The summed E-state index contributed by atoms with van der Waals surface area (Å²) < 4.78 is 5.57. The number of unbranched alkanes of at least 4 members (excludes halogenated alkanes) is 4. The zero-order valence-corrected chi connectivity index (χ0v) is 17.4. The molecule has 0 aromatic heterocycles. The van der Waals surface area contributed by atoms with Crippen molar-refractivity contribution in [3.8, 4) is 5.75 Å². The lowest BCUT2D eigenvalue weighted by Crippen LogP contribution is -2.38. The van der Waals surface area contributed by atoms with Crippen LogP contribution in [0.25, 0.3) is 0 Å². The van der Waals surface area contributed by atoms with Crippen molar-refractivity contribution in [2.75, 3.05) is 19.6 Å². The molecule has 1 amide bonds. The average Bonchev–Trinajstić information content (AvgIpc) is 3.11. The van der Waals surface area contributed by atoms with Crippen LogP contribution < -0.4 is 10.1 Å². The third-order valence-corrected chi connectivity index (χ3v) is 6.48. The number of amides is 1. The van der Waals surface area contributed by atoms with E-state index < -0.39 is 0 Å². The lowest BCUT2D eigenvalue weighted by Gasteiger charge is -2.29. The predicted molar refractivity (Wildman–Crippen MR) is 111 cm³/mol. The molecule has 0 spiro atoms. The van der Waals surface area contributed by atoms with Gasteiger partial charge in [0.15, 0.2) is 0 Å². The molecule has 1 aromatic carbocycles. The first-order valence-corrected chi connectivity index (χ1v) is 10.9.